The lowest BCUT2D eigenvalue weighted by Gasteiger charge is -2.09. The molecule has 0 saturated carbocycles. The van der Waals surface area contributed by atoms with Gasteiger partial charge in [-0.1, -0.05) is 11.6 Å². The highest BCUT2D eigenvalue weighted by Crippen LogP contribution is 2.34. The third-order valence-electron chi connectivity index (χ3n) is 1.55. The summed E-state index contributed by atoms with van der Waals surface area (Å²) in [6.07, 6.45) is 0. The Hall–Kier alpha value is -0.950. The zero-order chi connectivity index (χ0) is 11.9. The summed E-state index contributed by atoms with van der Waals surface area (Å²) in [7, 11) is -5.44. The molecule has 0 aromatic heterocycles. The van der Waals surface area contributed by atoms with Gasteiger partial charge in [0.25, 0.3) is 9.84 Å². The van der Waals surface area contributed by atoms with Crippen LogP contribution >= 0.6 is 11.6 Å². The van der Waals surface area contributed by atoms with Crippen molar-refractivity contribution in [3.8, 4) is 0 Å². The van der Waals surface area contributed by atoms with Crippen LogP contribution in [0.1, 0.15) is 0 Å². The monoisotopic (exact) mass is 259 g/mol. The van der Waals surface area contributed by atoms with Crippen molar-refractivity contribution >= 4 is 27.1 Å². The fourth-order valence-electron chi connectivity index (χ4n) is 0.851. The molecule has 84 valence electrons. The number of anilines is 1. The van der Waals surface area contributed by atoms with E-state index in [9.17, 15) is 21.6 Å². The van der Waals surface area contributed by atoms with Crippen LogP contribution in [0.3, 0.4) is 0 Å². The molecule has 0 aliphatic rings. The van der Waals surface area contributed by atoms with Crippen LogP contribution in [-0.2, 0) is 9.84 Å². The maximum absolute atomic E-state index is 12.1. The Labute approximate surface area is 88.6 Å². The molecule has 0 amide bonds. The van der Waals surface area contributed by atoms with Crippen LogP contribution in [0, 0.1) is 0 Å². The molecular formula is C7H5ClF3NO2S. The molecule has 0 atom stereocenters. The average molecular weight is 260 g/mol. The number of nitrogen functional groups attached to an aromatic ring is 1. The second-order valence-electron chi connectivity index (χ2n) is 2.64. The van der Waals surface area contributed by atoms with Crippen LogP contribution in [-0.4, -0.2) is 13.9 Å². The van der Waals surface area contributed by atoms with E-state index in [1.165, 1.54) is 6.07 Å². The van der Waals surface area contributed by atoms with Crippen molar-refractivity contribution in [1.29, 1.82) is 0 Å². The Balaban J connectivity index is 3.47. The van der Waals surface area contributed by atoms with E-state index in [4.69, 9.17) is 17.3 Å². The molecule has 2 N–H and O–H groups in total. The highest BCUT2D eigenvalue weighted by atomic mass is 35.5. The number of hydrogen-bond acceptors (Lipinski definition) is 3. The van der Waals surface area contributed by atoms with Crippen molar-refractivity contribution in [2.45, 2.75) is 10.4 Å². The Morgan fingerprint density at radius 2 is 1.80 bits per heavy atom. The summed E-state index contributed by atoms with van der Waals surface area (Å²) in [6.45, 7) is 0. The second-order valence-corrected chi connectivity index (χ2v) is 4.96. The van der Waals surface area contributed by atoms with Crippen LogP contribution in [0.4, 0.5) is 18.9 Å². The van der Waals surface area contributed by atoms with E-state index in [0.717, 1.165) is 6.07 Å². The minimum absolute atomic E-state index is 0.109. The fourth-order valence-corrected chi connectivity index (χ4v) is 2.14. The van der Waals surface area contributed by atoms with Crippen molar-refractivity contribution < 1.29 is 21.6 Å². The summed E-state index contributed by atoms with van der Waals surface area (Å²) in [6, 6.07) is 2.87. The van der Waals surface area contributed by atoms with Gasteiger partial charge in [0.2, 0.25) is 0 Å². The predicted octanol–water partition coefficient (Wildman–Crippen LogP) is 2.22. The van der Waals surface area contributed by atoms with Crippen molar-refractivity contribution in [1.82, 2.24) is 0 Å². The van der Waals surface area contributed by atoms with Gasteiger partial charge in [-0.25, -0.2) is 8.42 Å². The molecule has 1 rings (SSSR count). The normalized spacial score (nSPS) is 12.8. The maximum Gasteiger partial charge on any atom is 0.501 e. The highest BCUT2D eigenvalue weighted by molar-refractivity contribution is 7.92. The fraction of sp³-hybridized carbons (Fsp3) is 0.143. The van der Waals surface area contributed by atoms with Gasteiger partial charge in [0.15, 0.2) is 0 Å². The lowest BCUT2D eigenvalue weighted by atomic mass is 10.3. The Bertz CT molecular complexity index is 483. The van der Waals surface area contributed by atoms with Crippen LogP contribution in [0.25, 0.3) is 0 Å². The summed E-state index contributed by atoms with van der Waals surface area (Å²) < 4.78 is 58.4. The first-order valence-corrected chi connectivity index (χ1v) is 5.39. The van der Waals surface area contributed by atoms with Crippen molar-refractivity contribution in [3.05, 3.63) is 23.2 Å². The summed E-state index contributed by atoms with van der Waals surface area (Å²) >= 11 is 5.35. The highest BCUT2D eigenvalue weighted by Gasteiger charge is 2.47. The zero-order valence-corrected chi connectivity index (χ0v) is 8.62. The van der Waals surface area contributed by atoms with E-state index < -0.39 is 25.3 Å². The molecular weight excluding hydrogens is 255 g/mol. The molecule has 15 heavy (non-hydrogen) atoms. The van der Waals surface area contributed by atoms with E-state index in [1.54, 1.807) is 0 Å². The van der Waals surface area contributed by atoms with Gasteiger partial charge in [-0.3, -0.25) is 0 Å². The minimum Gasteiger partial charge on any atom is -0.399 e. The average Bonchev–Trinajstić information content (AvgIpc) is 2.07. The van der Waals surface area contributed by atoms with Crippen LogP contribution in [0.5, 0.6) is 0 Å². The topological polar surface area (TPSA) is 60.2 Å². The lowest BCUT2D eigenvalue weighted by Crippen LogP contribution is -2.23. The standard InChI is InChI=1S/C7H5ClF3NO2S/c8-5-2-1-4(12)3-6(5)15(13,14)7(9,10)11/h1-3H,12H2. The van der Waals surface area contributed by atoms with Crippen LogP contribution in [0.15, 0.2) is 23.1 Å². The smallest absolute Gasteiger partial charge is 0.399 e. The molecule has 0 saturated heterocycles. The molecule has 3 nitrogen and oxygen atoms in total. The van der Waals surface area contributed by atoms with Crippen molar-refractivity contribution in [2.24, 2.45) is 0 Å². The molecule has 8 heteroatoms. The van der Waals surface area contributed by atoms with Gasteiger partial charge in [-0.2, -0.15) is 13.2 Å². The number of hydrogen-bond donors (Lipinski definition) is 1. The molecule has 0 aliphatic carbocycles. The Morgan fingerprint density at radius 1 is 1.27 bits per heavy atom. The predicted molar refractivity (Wildman–Crippen MR) is 49.1 cm³/mol. The van der Waals surface area contributed by atoms with Gasteiger partial charge in [0.05, 0.1) is 9.92 Å². The van der Waals surface area contributed by atoms with E-state index in [1.807, 2.05) is 0 Å². The molecule has 0 bridgehead atoms. The quantitative estimate of drug-likeness (QED) is 0.787. The number of sulfone groups is 1. The first-order valence-electron chi connectivity index (χ1n) is 3.52. The molecule has 1 aromatic rings. The lowest BCUT2D eigenvalue weighted by molar-refractivity contribution is -0.0435. The number of benzene rings is 1. The van der Waals surface area contributed by atoms with Crippen molar-refractivity contribution in [2.75, 3.05) is 5.73 Å². The number of alkyl halides is 3. The third-order valence-corrected chi connectivity index (χ3v) is 3.52. The van der Waals surface area contributed by atoms with E-state index >= 15 is 0 Å². The summed E-state index contributed by atoms with van der Waals surface area (Å²) in [5.41, 5.74) is -0.317. The van der Waals surface area contributed by atoms with Crippen molar-refractivity contribution in [3.63, 3.8) is 0 Å². The van der Waals surface area contributed by atoms with E-state index in [0.29, 0.717) is 6.07 Å². The maximum atomic E-state index is 12.1. The van der Waals surface area contributed by atoms with E-state index in [2.05, 4.69) is 0 Å². The number of halogens is 4. The second kappa shape index (κ2) is 3.57. The van der Waals surface area contributed by atoms with Crippen LogP contribution in [0.2, 0.25) is 5.02 Å². The molecule has 0 radical (unpaired) electrons. The van der Waals surface area contributed by atoms with Gasteiger partial charge < -0.3 is 5.73 Å². The molecule has 1 aromatic carbocycles. The van der Waals surface area contributed by atoms with Gasteiger partial charge in [0, 0.05) is 5.69 Å². The van der Waals surface area contributed by atoms with Gasteiger partial charge in [0.1, 0.15) is 0 Å². The molecule has 0 aliphatic heterocycles. The zero-order valence-electron chi connectivity index (χ0n) is 7.05. The molecule has 0 heterocycles. The van der Waals surface area contributed by atoms with Gasteiger partial charge >= 0.3 is 5.51 Å². The van der Waals surface area contributed by atoms with Gasteiger partial charge in [-0.05, 0) is 18.2 Å². The minimum atomic E-state index is -5.44. The van der Waals surface area contributed by atoms with Gasteiger partial charge in [-0.15, -0.1) is 0 Å². The molecule has 0 unspecified atom stereocenters. The molecule has 0 spiro atoms. The first-order chi connectivity index (χ1) is 6.66. The van der Waals surface area contributed by atoms with Crippen LogP contribution < -0.4 is 5.73 Å². The number of nitrogens with two attached hydrogens (primary N) is 1. The SMILES string of the molecule is Nc1ccc(Cl)c(S(=O)(=O)C(F)(F)F)c1. The van der Waals surface area contributed by atoms with E-state index in [-0.39, 0.29) is 5.69 Å². The third kappa shape index (κ3) is 2.18. The summed E-state index contributed by atoms with van der Waals surface area (Å²) in [5.74, 6) is 0. The summed E-state index contributed by atoms with van der Waals surface area (Å²) in [4.78, 5) is -1.03. The Kier molecular flexibility index (Phi) is 2.88. The Morgan fingerprint density at radius 3 is 2.27 bits per heavy atom. The molecule has 0 fully saturated rings. The largest absolute Gasteiger partial charge is 0.501 e. The summed E-state index contributed by atoms with van der Waals surface area (Å²) in [5, 5.41) is -0.512. The first kappa shape index (κ1) is 12.1. The number of rotatable bonds is 1.